The van der Waals surface area contributed by atoms with Gasteiger partial charge < -0.3 is 5.32 Å². The minimum atomic E-state index is -2.87. The van der Waals surface area contributed by atoms with Gasteiger partial charge in [0.1, 0.15) is 0 Å². The third-order valence-corrected chi connectivity index (χ3v) is 5.67. The van der Waals surface area contributed by atoms with Crippen molar-refractivity contribution in [3.63, 3.8) is 0 Å². The second kappa shape index (κ2) is 4.83. The molecule has 3 nitrogen and oxygen atoms in total. The smallest absolute Gasteiger partial charge is 0.152 e. The average Bonchev–Trinajstić information content (AvgIpc) is 2.52. The highest BCUT2D eigenvalue weighted by molar-refractivity contribution is 7.91. The first-order valence-corrected chi connectivity index (χ1v) is 8.20. The number of rotatable bonds is 3. The molecule has 0 spiro atoms. The molecule has 1 aliphatic rings. The first kappa shape index (κ1) is 13.8. The number of hydrogen-bond donors (Lipinski definition) is 1. The number of halogens is 1. The molecule has 1 fully saturated rings. The van der Waals surface area contributed by atoms with Crippen LogP contribution in [-0.4, -0.2) is 25.5 Å². The lowest BCUT2D eigenvalue weighted by Gasteiger charge is -2.24. The van der Waals surface area contributed by atoms with Crippen molar-refractivity contribution in [3.8, 4) is 0 Å². The van der Waals surface area contributed by atoms with Gasteiger partial charge in [0.05, 0.1) is 11.5 Å². The van der Waals surface area contributed by atoms with E-state index in [1.165, 1.54) is 0 Å². The molecule has 1 aromatic rings. The molecule has 18 heavy (non-hydrogen) atoms. The highest BCUT2D eigenvalue weighted by Gasteiger charge is 2.37. The Kier molecular flexibility index (Phi) is 3.72. The molecule has 1 N–H and O–H groups in total. The summed E-state index contributed by atoms with van der Waals surface area (Å²) >= 11 is 6.16. The largest absolute Gasteiger partial charge is 0.306 e. The molecular formula is C13H18ClNO2S. The van der Waals surface area contributed by atoms with E-state index in [9.17, 15) is 8.42 Å². The van der Waals surface area contributed by atoms with Crippen molar-refractivity contribution in [1.82, 2.24) is 5.32 Å². The number of nitrogens with one attached hydrogen (secondary N) is 1. The molecule has 0 aliphatic carbocycles. The van der Waals surface area contributed by atoms with Crippen molar-refractivity contribution < 1.29 is 8.42 Å². The number of hydrogen-bond acceptors (Lipinski definition) is 3. The molecule has 0 saturated carbocycles. The third kappa shape index (κ3) is 3.25. The van der Waals surface area contributed by atoms with Gasteiger partial charge in [-0.05, 0) is 37.5 Å². The van der Waals surface area contributed by atoms with Crippen LogP contribution in [0.5, 0.6) is 0 Å². The Morgan fingerprint density at radius 1 is 1.44 bits per heavy atom. The van der Waals surface area contributed by atoms with E-state index >= 15 is 0 Å². The molecule has 0 amide bonds. The van der Waals surface area contributed by atoms with E-state index in [1.807, 2.05) is 32.0 Å². The Morgan fingerprint density at radius 2 is 2.17 bits per heavy atom. The van der Waals surface area contributed by atoms with Crippen LogP contribution in [0, 0.1) is 6.92 Å². The Morgan fingerprint density at radius 3 is 2.72 bits per heavy atom. The Labute approximate surface area is 113 Å². The van der Waals surface area contributed by atoms with Crippen molar-refractivity contribution >= 4 is 21.4 Å². The standard InChI is InChI=1S/C13H18ClNO2S/c1-10-3-4-11(12(14)7-10)8-15-13(2)5-6-18(16,17)9-13/h3-4,7,15H,5-6,8-9H2,1-2H3. The maximum atomic E-state index is 11.5. The molecule has 1 unspecified atom stereocenters. The van der Waals surface area contributed by atoms with Gasteiger partial charge in [0.15, 0.2) is 9.84 Å². The van der Waals surface area contributed by atoms with Crippen LogP contribution in [0.4, 0.5) is 0 Å². The molecule has 1 aliphatic heterocycles. The van der Waals surface area contributed by atoms with Gasteiger partial charge in [0.25, 0.3) is 0 Å². The second-order valence-electron chi connectivity index (χ2n) is 5.35. The van der Waals surface area contributed by atoms with Crippen molar-refractivity contribution in [2.75, 3.05) is 11.5 Å². The monoisotopic (exact) mass is 287 g/mol. The summed E-state index contributed by atoms with van der Waals surface area (Å²) in [4.78, 5) is 0. The molecule has 0 radical (unpaired) electrons. The van der Waals surface area contributed by atoms with Crippen molar-refractivity contribution in [3.05, 3.63) is 34.3 Å². The fourth-order valence-electron chi connectivity index (χ4n) is 2.25. The summed E-state index contributed by atoms with van der Waals surface area (Å²) in [5.74, 6) is 0.488. The molecule has 5 heteroatoms. The molecule has 1 saturated heterocycles. The summed E-state index contributed by atoms with van der Waals surface area (Å²) in [6, 6.07) is 5.92. The first-order valence-electron chi connectivity index (χ1n) is 6.00. The van der Waals surface area contributed by atoms with E-state index in [2.05, 4.69) is 5.32 Å². The van der Waals surface area contributed by atoms with Gasteiger partial charge in [0.2, 0.25) is 0 Å². The zero-order valence-electron chi connectivity index (χ0n) is 10.7. The van der Waals surface area contributed by atoms with Crippen LogP contribution < -0.4 is 5.32 Å². The van der Waals surface area contributed by atoms with Crippen LogP contribution in [0.3, 0.4) is 0 Å². The lowest BCUT2D eigenvalue weighted by Crippen LogP contribution is -2.42. The van der Waals surface area contributed by atoms with Gasteiger partial charge in [0, 0.05) is 17.1 Å². The fourth-order valence-corrected chi connectivity index (χ4v) is 4.68. The van der Waals surface area contributed by atoms with Gasteiger partial charge in [-0.15, -0.1) is 0 Å². The minimum Gasteiger partial charge on any atom is -0.306 e. The third-order valence-electron chi connectivity index (χ3n) is 3.42. The second-order valence-corrected chi connectivity index (χ2v) is 7.94. The minimum absolute atomic E-state index is 0.212. The maximum Gasteiger partial charge on any atom is 0.152 e. The normalized spacial score (nSPS) is 26.4. The van der Waals surface area contributed by atoms with E-state index in [1.54, 1.807) is 0 Å². The zero-order chi connectivity index (χ0) is 13.4. The highest BCUT2D eigenvalue weighted by Crippen LogP contribution is 2.24. The van der Waals surface area contributed by atoms with Crippen LogP contribution in [0.2, 0.25) is 5.02 Å². The van der Waals surface area contributed by atoms with Crippen LogP contribution in [0.15, 0.2) is 18.2 Å². The lowest BCUT2D eigenvalue weighted by atomic mass is 10.0. The van der Waals surface area contributed by atoms with Gasteiger partial charge in [-0.2, -0.15) is 0 Å². The van der Waals surface area contributed by atoms with E-state index in [-0.39, 0.29) is 17.0 Å². The fraction of sp³-hybridized carbons (Fsp3) is 0.538. The molecule has 0 aromatic heterocycles. The Hall–Kier alpha value is -0.580. The predicted octanol–water partition coefficient (Wildman–Crippen LogP) is 2.32. The molecule has 1 atom stereocenters. The van der Waals surface area contributed by atoms with Crippen molar-refractivity contribution in [2.24, 2.45) is 0 Å². The lowest BCUT2D eigenvalue weighted by molar-refractivity contribution is 0.395. The average molecular weight is 288 g/mol. The number of benzene rings is 1. The summed E-state index contributed by atoms with van der Waals surface area (Å²) in [5.41, 5.74) is 1.80. The molecular weight excluding hydrogens is 270 g/mol. The zero-order valence-corrected chi connectivity index (χ0v) is 12.2. The van der Waals surface area contributed by atoms with Crippen LogP contribution >= 0.6 is 11.6 Å². The van der Waals surface area contributed by atoms with Gasteiger partial charge >= 0.3 is 0 Å². The molecule has 1 heterocycles. The number of sulfone groups is 1. The quantitative estimate of drug-likeness (QED) is 0.928. The summed E-state index contributed by atoms with van der Waals surface area (Å²) < 4.78 is 23.0. The summed E-state index contributed by atoms with van der Waals surface area (Å²) in [7, 11) is -2.87. The van der Waals surface area contributed by atoms with Crippen molar-refractivity contribution in [2.45, 2.75) is 32.4 Å². The van der Waals surface area contributed by atoms with E-state index in [0.29, 0.717) is 13.0 Å². The van der Waals surface area contributed by atoms with Gasteiger partial charge in [-0.25, -0.2) is 8.42 Å². The van der Waals surface area contributed by atoms with Crippen LogP contribution in [0.1, 0.15) is 24.5 Å². The molecule has 1 aromatic carbocycles. The van der Waals surface area contributed by atoms with Crippen molar-refractivity contribution in [1.29, 1.82) is 0 Å². The summed E-state index contributed by atoms with van der Waals surface area (Å²) in [6.07, 6.45) is 0.665. The molecule has 100 valence electrons. The van der Waals surface area contributed by atoms with Crippen LogP contribution in [0.25, 0.3) is 0 Å². The SMILES string of the molecule is Cc1ccc(CNC2(C)CCS(=O)(=O)C2)c(Cl)c1. The van der Waals surface area contributed by atoms with E-state index in [4.69, 9.17) is 11.6 Å². The maximum absolute atomic E-state index is 11.5. The Bertz CT molecular complexity index is 556. The van der Waals surface area contributed by atoms with Gasteiger partial charge in [-0.1, -0.05) is 23.7 Å². The van der Waals surface area contributed by atoms with E-state index in [0.717, 1.165) is 16.1 Å². The van der Waals surface area contributed by atoms with Crippen LogP contribution in [-0.2, 0) is 16.4 Å². The summed E-state index contributed by atoms with van der Waals surface area (Å²) in [6.45, 7) is 4.55. The first-order chi connectivity index (χ1) is 8.30. The molecule has 2 rings (SSSR count). The summed E-state index contributed by atoms with van der Waals surface area (Å²) in [5, 5.41) is 4.06. The number of aryl methyl sites for hydroxylation is 1. The predicted molar refractivity (Wildman–Crippen MR) is 74.7 cm³/mol. The van der Waals surface area contributed by atoms with E-state index < -0.39 is 9.84 Å². The molecule has 0 bridgehead atoms. The van der Waals surface area contributed by atoms with Gasteiger partial charge in [-0.3, -0.25) is 0 Å². The highest BCUT2D eigenvalue weighted by atomic mass is 35.5. The Balaban J connectivity index is 2.04. The topological polar surface area (TPSA) is 46.2 Å².